The molecule has 0 aliphatic carbocycles. The number of amides is 1. The zero-order valence-corrected chi connectivity index (χ0v) is 9.56. The molecule has 1 aliphatic rings. The molecule has 0 saturated carbocycles. The topological polar surface area (TPSA) is 53.3 Å². The molecular formula is C11H18N2O2. The fraction of sp³-hybridized carbons (Fsp3) is 0.818. The first kappa shape index (κ1) is 12.0. The zero-order chi connectivity index (χ0) is 11.4. The highest BCUT2D eigenvalue weighted by atomic mass is 16.5. The average molecular weight is 210 g/mol. The van der Waals surface area contributed by atoms with E-state index in [1.165, 1.54) is 0 Å². The third-order valence-electron chi connectivity index (χ3n) is 2.91. The fourth-order valence-electron chi connectivity index (χ4n) is 1.50. The van der Waals surface area contributed by atoms with Crippen LogP contribution in [0, 0.1) is 23.2 Å². The average Bonchev–Trinajstić information content (AvgIpc) is 2.27. The van der Waals surface area contributed by atoms with E-state index < -0.39 is 6.10 Å². The van der Waals surface area contributed by atoms with Crippen LogP contribution in [-0.2, 0) is 9.53 Å². The van der Waals surface area contributed by atoms with Gasteiger partial charge in [0.2, 0.25) is 5.91 Å². The van der Waals surface area contributed by atoms with Gasteiger partial charge in [0, 0.05) is 12.5 Å². The van der Waals surface area contributed by atoms with Crippen LogP contribution in [0.3, 0.4) is 0 Å². The first-order valence-electron chi connectivity index (χ1n) is 5.36. The minimum absolute atomic E-state index is 0.0162. The largest absolute Gasteiger partial charge is 0.360 e. The number of morpholine rings is 1. The van der Waals surface area contributed by atoms with Crippen molar-refractivity contribution in [1.29, 1.82) is 5.26 Å². The molecule has 0 N–H and O–H groups in total. The molecule has 15 heavy (non-hydrogen) atoms. The first-order chi connectivity index (χ1) is 7.06. The summed E-state index contributed by atoms with van der Waals surface area (Å²) < 4.78 is 5.19. The summed E-state index contributed by atoms with van der Waals surface area (Å²) in [6, 6.07) is 2.04. The zero-order valence-electron chi connectivity index (χ0n) is 9.56. The quantitative estimate of drug-likeness (QED) is 0.684. The lowest BCUT2D eigenvalue weighted by atomic mass is 9.96. The maximum absolute atomic E-state index is 12.0. The van der Waals surface area contributed by atoms with Crippen LogP contribution in [0.25, 0.3) is 0 Å². The van der Waals surface area contributed by atoms with Gasteiger partial charge in [0.25, 0.3) is 0 Å². The van der Waals surface area contributed by atoms with E-state index in [4.69, 9.17) is 10.00 Å². The standard InChI is InChI=1S/C11H18N2O2/c1-8(2)9(3)11(14)13-4-5-15-10(6-12)7-13/h8-10H,4-5,7H2,1-3H3. The second-order valence-corrected chi connectivity index (χ2v) is 4.31. The summed E-state index contributed by atoms with van der Waals surface area (Å²) in [7, 11) is 0. The second-order valence-electron chi connectivity index (χ2n) is 4.31. The summed E-state index contributed by atoms with van der Waals surface area (Å²) in [5.41, 5.74) is 0. The minimum Gasteiger partial charge on any atom is -0.360 e. The third kappa shape index (κ3) is 2.93. The van der Waals surface area contributed by atoms with E-state index in [0.717, 1.165) is 0 Å². The summed E-state index contributed by atoms with van der Waals surface area (Å²) in [4.78, 5) is 13.7. The van der Waals surface area contributed by atoms with Crippen LogP contribution in [0.15, 0.2) is 0 Å². The van der Waals surface area contributed by atoms with Gasteiger partial charge in [0.1, 0.15) is 0 Å². The molecule has 0 aromatic heterocycles. The molecular weight excluding hydrogens is 192 g/mol. The number of nitrogens with zero attached hydrogens (tertiary/aromatic N) is 2. The number of carbonyl (C=O) groups excluding carboxylic acids is 1. The molecule has 4 nitrogen and oxygen atoms in total. The van der Waals surface area contributed by atoms with Gasteiger partial charge >= 0.3 is 0 Å². The molecule has 1 aliphatic heterocycles. The van der Waals surface area contributed by atoms with Gasteiger partial charge in [-0.1, -0.05) is 20.8 Å². The van der Waals surface area contributed by atoms with Gasteiger partial charge in [-0.05, 0) is 5.92 Å². The highest BCUT2D eigenvalue weighted by Gasteiger charge is 2.28. The second kappa shape index (κ2) is 5.13. The molecule has 1 rings (SSSR count). The highest BCUT2D eigenvalue weighted by molar-refractivity contribution is 5.78. The first-order valence-corrected chi connectivity index (χ1v) is 5.36. The Labute approximate surface area is 90.8 Å². The van der Waals surface area contributed by atoms with Crippen LogP contribution < -0.4 is 0 Å². The lowest BCUT2D eigenvalue weighted by Crippen LogP contribution is -2.47. The summed E-state index contributed by atoms with van der Waals surface area (Å²) in [6.07, 6.45) is -0.456. The normalized spacial score (nSPS) is 23.7. The number of rotatable bonds is 2. The van der Waals surface area contributed by atoms with Crippen molar-refractivity contribution in [3.05, 3.63) is 0 Å². The Balaban J connectivity index is 2.57. The summed E-state index contributed by atoms with van der Waals surface area (Å²) in [5, 5.41) is 8.73. The molecule has 4 heteroatoms. The molecule has 0 aromatic carbocycles. The molecule has 1 saturated heterocycles. The summed E-state index contributed by atoms with van der Waals surface area (Å²) >= 11 is 0. The Morgan fingerprint density at radius 1 is 1.53 bits per heavy atom. The molecule has 2 unspecified atom stereocenters. The van der Waals surface area contributed by atoms with Crippen molar-refractivity contribution in [2.45, 2.75) is 26.9 Å². The van der Waals surface area contributed by atoms with Crippen molar-refractivity contribution >= 4 is 5.91 Å². The SMILES string of the molecule is CC(C)C(C)C(=O)N1CCOC(C#N)C1. The van der Waals surface area contributed by atoms with Crippen molar-refractivity contribution < 1.29 is 9.53 Å². The number of ether oxygens (including phenoxy) is 1. The lowest BCUT2D eigenvalue weighted by molar-refractivity contribution is -0.142. The Morgan fingerprint density at radius 3 is 2.73 bits per heavy atom. The molecule has 0 bridgehead atoms. The van der Waals surface area contributed by atoms with E-state index >= 15 is 0 Å². The van der Waals surface area contributed by atoms with E-state index in [2.05, 4.69) is 0 Å². The number of nitriles is 1. The number of carbonyl (C=O) groups is 1. The van der Waals surface area contributed by atoms with Gasteiger partial charge in [-0.25, -0.2) is 0 Å². The smallest absolute Gasteiger partial charge is 0.225 e. The predicted octanol–water partition coefficient (Wildman–Crippen LogP) is 1.03. The Bertz CT molecular complexity index is 270. The molecule has 0 radical (unpaired) electrons. The molecule has 1 amide bonds. The van der Waals surface area contributed by atoms with Crippen molar-refractivity contribution in [2.24, 2.45) is 11.8 Å². The number of hydrogen-bond acceptors (Lipinski definition) is 3. The van der Waals surface area contributed by atoms with E-state index in [1.807, 2.05) is 26.8 Å². The van der Waals surface area contributed by atoms with E-state index in [-0.39, 0.29) is 11.8 Å². The molecule has 0 spiro atoms. The van der Waals surface area contributed by atoms with Crippen molar-refractivity contribution in [1.82, 2.24) is 4.90 Å². The summed E-state index contributed by atoms with van der Waals surface area (Å²) in [6.45, 7) is 7.48. The van der Waals surface area contributed by atoms with Gasteiger partial charge in [-0.15, -0.1) is 0 Å². The predicted molar refractivity (Wildman–Crippen MR) is 55.9 cm³/mol. The van der Waals surface area contributed by atoms with Gasteiger partial charge in [0.05, 0.1) is 19.2 Å². The van der Waals surface area contributed by atoms with Crippen molar-refractivity contribution in [3.63, 3.8) is 0 Å². The van der Waals surface area contributed by atoms with Gasteiger partial charge in [-0.2, -0.15) is 5.26 Å². The lowest BCUT2D eigenvalue weighted by Gasteiger charge is -2.32. The van der Waals surface area contributed by atoms with Gasteiger partial charge in [0.15, 0.2) is 6.10 Å². The summed E-state index contributed by atoms with van der Waals surface area (Å²) in [5.74, 6) is 0.483. The maximum Gasteiger partial charge on any atom is 0.225 e. The molecule has 2 atom stereocenters. The fourth-order valence-corrected chi connectivity index (χ4v) is 1.50. The van der Waals surface area contributed by atoms with Gasteiger partial charge < -0.3 is 9.64 Å². The third-order valence-corrected chi connectivity index (χ3v) is 2.91. The Morgan fingerprint density at radius 2 is 2.20 bits per heavy atom. The molecule has 84 valence electrons. The van der Waals surface area contributed by atoms with Crippen LogP contribution in [0.2, 0.25) is 0 Å². The van der Waals surface area contributed by atoms with Crippen LogP contribution >= 0.6 is 0 Å². The van der Waals surface area contributed by atoms with Crippen molar-refractivity contribution in [3.8, 4) is 6.07 Å². The number of hydrogen-bond donors (Lipinski definition) is 0. The highest BCUT2D eigenvalue weighted by Crippen LogP contribution is 2.15. The van der Waals surface area contributed by atoms with Crippen molar-refractivity contribution in [2.75, 3.05) is 19.7 Å². The van der Waals surface area contributed by atoms with Crippen LogP contribution in [-0.4, -0.2) is 36.6 Å². The maximum atomic E-state index is 12.0. The molecule has 0 aromatic rings. The van der Waals surface area contributed by atoms with E-state index in [0.29, 0.717) is 25.6 Å². The monoisotopic (exact) mass is 210 g/mol. The van der Waals surface area contributed by atoms with E-state index in [1.54, 1.807) is 4.90 Å². The van der Waals surface area contributed by atoms with Gasteiger partial charge in [-0.3, -0.25) is 4.79 Å². The van der Waals surface area contributed by atoms with Crippen LogP contribution in [0.1, 0.15) is 20.8 Å². The Hall–Kier alpha value is -1.08. The van der Waals surface area contributed by atoms with Crippen LogP contribution in [0.4, 0.5) is 0 Å². The van der Waals surface area contributed by atoms with Crippen LogP contribution in [0.5, 0.6) is 0 Å². The molecule has 1 heterocycles. The Kier molecular flexibility index (Phi) is 4.10. The van der Waals surface area contributed by atoms with E-state index in [9.17, 15) is 4.79 Å². The molecule has 1 fully saturated rings. The minimum atomic E-state index is -0.456.